The van der Waals surface area contributed by atoms with Crippen molar-refractivity contribution in [1.29, 1.82) is 0 Å². The molecule has 1 spiro atoms. The van der Waals surface area contributed by atoms with Gasteiger partial charge in [0.05, 0.1) is 24.4 Å². The SMILES string of the molecule is C/C(=C/C[C@@]12OC(C)(C)[C@@H]3C[C@H](C=C4C(=O)c5c(O)c6c(c(C/C=C(\C)CO)c5O[C@]431)O[C@](C)(CC/C=C(\C)CO)C=C6)C2=O)C(=O)O. The molecule has 1 aromatic rings. The van der Waals surface area contributed by atoms with Crippen molar-refractivity contribution >= 4 is 23.6 Å². The first-order chi connectivity index (χ1) is 22.6. The summed E-state index contributed by atoms with van der Waals surface area (Å²) in [6.07, 6.45) is 12.1. The van der Waals surface area contributed by atoms with Gasteiger partial charge in [0.25, 0.3) is 0 Å². The second-order valence-corrected chi connectivity index (χ2v) is 14.6. The predicted octanol–water partition coefficient (Wildman–Crippen LogP) is 5.18. The summed E-state index contributed by atoms with van der Waals surface area (Å²) in [5, 5.41) is 40.7. The average molecular weight is 661 g/mol. The van der Waals surface area contributed by atoms with Gasteiger partial charge in [-0.2, -0.15) is 0 Å². The summed E-state index contributed by atoms with van der Waals surface area (Å²) in [4.78, 5) is 40.9. The monoisotopic (exact) mass is 660 g/mol. The molecule has 4 bridgehead atoms. The standard InChI is InChI=1S/C38H44O10/c1-20(18-39)8-7-13-36(6)14-12-24-29(41)28-30(42)26-16-23-17-27-35(4,5)48-37(33(23)43,15-11-22(3)34(44)45)38(26,27)47-32(28)25(31(24)46-36)10-9-21(2)19-40/h8-9,11-12,14,16,23,27,39-41H,7,10,13,15,17-19H2,1-6H3,(H,44,45)/b20-8+,21-9+,22-11-/t23-,27-,36+,37-,38+/m0/s1. The van der Waals surface area contributed by atoms with Crippen LogP contribution in [0.4, 0.5) is 0 Å². The van der Waals surface area contributed by atoms with E-state index in [1.54, 1.807) is 19.1 Å². The number of carboxylic acids is 1. The molecule has 2 fully saturated rings. The number of hydrogen-bond donors (Lipinski definition) is 4. The minimum absolute atomic E-state index is 0.0290. The number of allylic oxidation sites excluding steroid dienone is 3. The van der Waals surface area contributed by atoms with E-state index < -0.39 is 46.0 Å². The van der Waals surface area contributed by atoms with Crippen LogP contribution in [0.15, 0.2) is 52.7 Å². The number of phenols is 1. The summed E-state index contributed by atoms with van der Waals surface area (Å²) in [7, 11) is 0. The second-order valence-electron chi connectivity index (χ2n) is 14.6. The first-order valence-corrected chi connectivity index (χ1v) is 16.5. The highest BCUT2D eigenvalue weighted by molar-refractivity contribution is 6.19. The number of benzene rings is 1. The van der Waals surface area contributed by atoms with Crippen molar-refractivity contribution in [2.75, 3.05) is 13.2 Å². The number of aliphatic hydroxyl groups excluding tert-OH is 2. The molecule has 6 aliphatic rings. The van der Waals surface area contributed by atoms with Gasteiger partial charge in [0, 0.05) is 35.0 Å². The van der Waals surface area contributed by atoms with Gasteiger partial charge in [-0.25, -0.2) is 4.79 Å². The molecule has 4 N–H and O–H groups in total. The molecule has 1 saturated heterocycles. The molecule has 5 atom stereocenters. The maximum atomic E-state index is 14.7. The first-order valence-electron chi connectivity index (χ1n) is 16.5. The summed E-state index contributed by atoms with van der Waals surface area (Å²) in [5.41, 5.74) is -2.44. The van der Waals surface area contributed by atoms with Crippen LogP contribution in [0.2, 0.25) is 0 Å². The van der Waals surface area contributed by atoms with Crippen LogP contribution >= 0.6 is 0 Å². The number of phenolic OH excluding ortho intramolecular Hbond substituents is 1. The number of fused-ring (bicyclic) bond motifs is 2. The van der Waals surface area contributed by atoms with Crippen molar-refractivity contribution in [3.8, 4) is 17.2 Å². The molecule has 10 heteroatoms. The number of aliphatic hydroxyl groups is 2. The summed E-state index contributed by atoms with van der Waals surface area (Å²) in [6, 6.07) is 0. The van der Waals surface area contributed by atoms with E-state index in [1.165, 1.54) is 13.0 Å². The normalized spacial score (nSPS) is 31.5. The number of aliphatic carboxylic acids is 1. The zero-order chi connectivity index (χ0) is 35.0. The van der Waals surface area contributed by atoms with Crippen LogP contribution in [-0.2, 0) is 20.7 Å². The van der Waals surface area contributed by atoms with Gasteiger partial charge in [0.1, 0.15) is 28.4 Å². The molecule has 7 rings (SSSR count). The quantitative estimate of drug-likeness (QED) is 0.194. The zero-order valence-corrected chi connectivity index (χ0v) is 28.3. The van der Waals surface area contributed by atoms with Gasteiger partial charge < -0.3 is 34.6 Å². The van der Waals surface area contributed by atoms with Gasteiger partial charge >= 0.3 is 5.97 Å². The fourth-order valence-corrected chi connectivity index (χ4v) is 8.23. The Morgan fingerprint density at radius 1 is 1.00 bits per heavy atom. The summed E-state index contributed by atoms with van der Waals surface area (Å²) in [6.45, 7) is 10.5. The number of carboxylic acid groups (broad SMARTS) is 1. The van der Waals surface area contributed by atoms with E-state index in [1.807, 2.05) is 45.9 Å². The van der Waals surface area contributed by atoms with Crippen molar-refractivity contribution in [3.05, 3.63) is 69.4 Å². The highest BCUT2D eigenvalue weighted by Gasteiger charge is 2.81. The van der Waals surface area contributed by atoms with E-state index in [9.17, 15) is 34.8 Å². The molecule has 1 aromatic carbocycles. The molecule has 48 heavy (non-hydrogen) atoms. The van der Waals surface area contributed by atoms with Crippen LogP contribution in [0.25, 0.3) is 6.08 Å². The van der Waals surface area contributed by atoms with E-state index in [0.717, 1.165) is 5.57 Å². The largest absolute Gasteiger partial charge is 0.506 e. The minimum Gasteiger partial charge on any atom is -0.506 e. The van der Waals surface area contributed by atoms with E-state index in [-0.39, 0.29) is 60.0 Å². The van der Waals surface area contributed by atoms with Crippen LogP contribution in [0.3, 0.4) is 0 Å². The number of carbonyl (C=O) groups excluding carboxylic acids is 2. The Morgan fingerprint density at radius 3 is 2.35 bits per heavy atom. The molecule has 0 aromatic heterocycles. The van der Waals surface area contributed by atoms with Crippen molar-refractivity contribution in [2.24, 2.45) is 11.8 Å². The lowest BCUT2D eigenvalue weighted by Gasteiger charge is -2.56. The molecule has 3 aliphatic carbocycles. The van der Waals surface area contributed by atoms with Gasteiger partial charge in [-0.1, -0.05) is 35.5 Å². The third-order valence-electron chi connectivity index (χ3n) is 10.9. The highest BCUT2D eigenvalue weighted by atomic mass is 16.6. The van der Waals surface area contributed by atoms with Crippen LogP contribution in [0.5, 0.6) is 17.2 Å². The lowest BCUT2D eigenvalue weighted by atomic mass is 9.51. The van der Waals surface area contributed by atoms with Gasteiger partial charge in [-0.3, -0.25) is 9.59 Å². The summed E-state index contributed by atoms with van der Waals surface area (Å²) >= 11 is 0. The third-order valence-corrected chi connectivity index (χ3v) is 10.9. The van der Waals surface area contributed by atoms with Crippen LogP contribution in [0, 0.1) is 11.8 Å². The number of rotatable bonds is 10. The first kappa shape index (κ1) is 33.9. The van der Waals surface area contributed by atoms with Crippen molar-refractivity contribution < 1.29 is 49.0 Å². The maximum Gasteiger partial charge on any atom is 0.330 e. The molecule has 3 heterocycles. The van der Waals surface area contributed by atoms with Gasteiger partial charge in [-0.05, 0) is 79.4 Å². The fourth-order valence-electron chi connectivity index (χ4n) is 8.23. The molecule has 1 saturated carbocycles. The highest BCUT2D eigenvalue weighted by Crippen LogP contribution is 2.68. The smallest absolute Gasteiger partial charge is 0.330 e. The second kappa shape index (κ2) is 11.6. The molecule has 10 nitrogen and oxygen atoms in total. The van der Waals surface area contributed by atoms with E-state index in [0.29, 0.717) is 41.7 Å². The Morgan fingerprint density at radius 2 is 1.69 bits per heavy atom. The lowest BCUT2D eigenvalue weighted by Crippen LogP contribution is -2.72. The Kier molecular flexibility index (Phi) is 8.17. The lowest BCUT2D eigenvalue weighted by molar-refractivity contribution is -0.171. The predicted molar refractivity (Wildman–Crippen MR) is 177 cm³/mol. The van der Waals surface area contributed by atoms with Crippen LogP contribution in [-0.4, -0.2) is 73.6 Å². The number of hydrogen-bond acceptors (Lipinski definition) is 9. The van der Waals surface area contributed by atoms with Crippen molar-refractivity contribution in [3.63, 3.8) is 0 Å². The minimum atomic E-state index is -1.69. The third kappa shape index (κ3) is 4.82. The Hall–Kier alpha value is -3.99. The average Bonchev–Trinajstić information content (AvgIpc) is 3.19. The van der Waals surface area contributed by atoms with E-state index in [4.69, 9.17) is 14.2 Å². The molecular formula is C38H44O10. The summed E-state index contributed by atoms with van der Waals surface area (Å²) < 4.78 is 20.5. The van der Waals surface area contributed by atoms with Crippen LogP contribution < -0.4 is 9.47 Å². The molecule has 3 aliphatic heterocycles. The molecular weight excluding hydrogens is 616 g/mol. The summed E-state index contributed by atoms with van der Waals surface area (Å²) in [5.74, 6) is -2.83. The van der Waals surface area contributed by atoms with E-state index in [2.05, 4.69) is 0 Å². The van der Waals surface area contributed by atoms with Crippen molar-refractivity contribution in [2.45, 2.75) is 96.1 Å². The van der Waals surface area contributed by atoms with Crippen molar-refractivity contribution in [1.82, 2.24) is 0 Å². The number of carbonyl (C=O) groups is 3. The van der Waals surface area contributed by atoms with E-state index >= 15 is 0 Å². The number of ketones is 2. The molecule has 0 radical (unpaired) electrons. The number of Topliss-reactive ketones (excluding diaryl/α,β-unsaturated/α-hetero) is 2. The maximum absolute atomic E-state index is 14.7. The zero-order valence-electron chi connectivity index (χ0n) is 28.3. The van der Waals surface area contributed by atoms with Gasteiger partial charge in [0.2, 0.25) is 0 Å². The topological polar surface area (TPSA) is 160 Å². The fraction of sp³-hybridized carbons (Fsp3) is 0.500. The Labute approximate surface area is 280 Å². The van der Waals surface area contributed by atoms with Gasteiger partial charge in [0.15, 0.2) is 22.8 Å². The Bertz CT molecular complexity index is 1770. The molecule has 0 unspecified atom stereocenters. The van der Waals surface area contributed by atoms with Gasteiger partial charge in [-0.15, -0.1) is 0 Å². The van der Waals surface area contributed by atoms with Crippen LogP contribution in [0.1, 0.15) is 88.7 Å². The molecule has 0 amide bonds. The Balaban J connectivity index is 1.57. The molecule has 256 valence electrons. The number of aromatic hydroxyl groups is 1. The number of ether oxygens (including phenoxy) is 3.